The van der Waals surface area contributed by atoms with Crippen molar-refractivity contribution in [1.29, 1.82) is 15.8 Å². The Morgan fingerprint density at radius 3 is 1.21 bits per heavy atom. The topological polar surface area (TPSA) is 350 Å². The molecule has 9 aromatic rings. The molecule has 0 radical (unpaired) electrons. The number of nitrogens with one attached hydrogen (secondary N) is 3. The summed E-state index contributed by atoms with van der Waals surface area (Å²) in [6.45, 7) is 61.2. The number of aldehydes is 2. The quantitative estimate of drug-likeness (QED) is 0.00592. The lowest BCUT2D eigenvalue weighted by molar-refractivity contribution is -0.136. The number of unbranched alkanes of at least 4 members (excludes halogenated alkanes) is 1. The summed E-state index contributed by atoms with van der Waals surface area (Å²) in [6, 6.07) is 76.4. The highest BCUT2D eigenvalue weighted by Crippen LogP contribution is 2.37. The largest absolute Gasteiger partial charge is 0.496 e. The molecule has 4 amide bonds. The van der Waals surface area contributed by atoms with E-state index in [-0.39, 0.29) is 72.9 Å². The molecule has 3 aromatic heterocycles. The normalized spacial score (nSPS) is 10.4. The van der Waals surface area contributed by atoms with Gasteiger partial charge in [0.1, 0.15) is 60.5 Å². The van der Waals surface area contributed by atoms with E-state index in [4.69, 9.17) is 36.9 Å². The Bertz CT molecular complexity index is 5040. The minimum Gasteiger partial charge on any atom is -0.496 e. The fourth-order valence-corrected chi connectivity index (χ4v) is 14.2. The molecule has 0 fully saturated rings. The van der Waals surface area contributed by atoms with Gasteiger partial charge in [-0.25, -0.2) is 21.5 Å². The second kappa shape index (κ2) is 108. The number of nitrogens with zero attached hydrogens (tertiary/aromatic N) is 9. The maximum absolute atomic E-state index is 13.2. The van der Waals surface area contributed by atoms with Crippen molar-refractivity contribution in [3.63, 3.8) is 0 Å². The summed E-state index contributed by atoms with van der Waals surface area (Å²) in [5, 5.41) is 43.5. The van der Waals surface area contributed by atoms with Gasteiger partial charge in [-0.2, -0.15) is 15.8 Å². The summed E-state index contributed by atoms with van der Waals surface area (Å²) in [4.78, 5) is 99.1. The van der Waals surface area contributed by atoms with Crippen molar-refractivity contribution in [3.8, 4) is 35.5 Å². The minimum absolute atomic E-state index is 0. The SMILES string of the molecule is C.CC.CC.CC.CC.CC.CC.CC.CC.CCCN[C@@H](CCC)c1ccccc1.CCC[C@@H](c1ccccc1)N(CCC)C(=O)/C(C#N)=C/c1cccc(Br)n1.CCC[C@H](N)c1ccccc1.CCC[C@H](NC(=O)/C(C#N)=C/c1cccc(Br)n1)c1ccccc1.CCNC(=O)CCCCOc1ccc(OC)c(C=O)c1OC.N#CCC(=O)O.O=Cc1cccc(Br)n1.[C-]#[N+]CC(=O)N(CCC)[C@@H](CCC)c1ccccc1. The van der Waals surface area contributed by atoms with E-state index in [0.29, 0.717) is 105 Å². The molecular weight excluding hydrogens is 2060 g/mol. The van der Waals surface area contributed by atoms with Crippen molar-refractivity contribution in [2.75, 3.05) is 53.6 Å². The van der Waals surface area contributed by atoms with Gasteiger partial charge >= 0.3 is 11.9 Å². The number of aliphatic carboxylic acids is 1. The second-order valence-electron chi connectivity index (χ2n) is 29.5. The molecule has 27 heteroatoms. The zero-order chi connectivity index (χ0) is 113. The molecule has 9 rings (SSSR count). The highest BCUT2D eigenvalue weighted by atomic mass is 79.9. The standard InChI is InChI=1S/C22H24BrN3O.C19H18BrN3O.C16H22N2O.C16H23NO5.C13H21N.C10H15N.C6H4BrNO.C3H3NO2.8C2H6.CH4/c1-3-9-20(17-10-6-5-7-11-17)26(14-4-2)22(27)18(16-24)15-19-12-8-13-21(23)25-19;1-2-7-17(14-8-4-3-5-9-14)23-19(24)15(13-21)12-16-10-6-11-18(20)22-16;1-4-9-15(14-10-7-6-8-11-14)18(12-5-2)16(19)13-17-3;1-4-17-15(19)7-5-6-10-22-14-9-8-13(20-2)12(11-18)16(14)21-3;1-3-8-13(14-11-4-2)12-9-6-5-7-10-12;1-2-6-10(11)9-7-4-3-5-8-9;7-6-3-1-2-5(4-9)8-6;4-2-1-3(5)6;8*1-2;/h5-8,10-13,15,20H,3-4,9,14H2,1-2H3;3-6,8-12,17H,2,7H2,1H3,(H,23,24);6-8,10-11,15H,4-5,9,12-13H2,1-2H3;8-9,11H,4-7,10H2,1-3H3,(H,17,19);5-7,9-10,13-14H,3-4,8,11H2,1-2H3;3-5,7-8,10H,2,6,11H2,1H3;1-4H;1H2,(H,5,6);8*1-2H3;1H4/b18-15+;15-12+;;;;;;;;;;;;;;;/t20-;17-;15-;;13-;10-;;;;;;;;;;;/m000.00.........../s1. The number of benzene rings is 6. The monoisotopic (exact) mass is 2240 g/mol. The van der Waals surface area contributed by atoms with Crippen molar-refractivity contribution in [3.05, 3.63) is 305 Å². The molecule has 5 atom stereocenters. The summed E-state index contributed by atoms with van der Waals surface area (Å²) in [5.74, 6) is -0.425. The molecule has 6 N–H and O–H groups in total. The van der Waals surface area contributed by atoms with Crippen LogP contribution in [0.2, 0.25) is 0 Å². The van der Waals surface area contributed by atoms with Crippen molar-refractivity contribution >= 4 is 102 Å². The first-order valence-corrected chi connectivity index (χ1v) is 55.1. The third-order valence-electron chi connectivity index (χ3n) is 19.3. The summed E-state index contributed by atoms with van der Waals surface area (Å²) in [7, 11) is 2.97. The number of carboxylic acid groups (broad SMARTS) is 1. The zero-order valence-electron chi connectivity index (χ0n) is 94.0. The molecule has 0 unspecified atom stereocenters. The van der Waals surface area contributed by atoms with Crippen LogP contribution in [-0.2, 0) is 24.0 Å². The molecule has 0 saturated carbocycles. The minimum atomic E-state index is -1.07. The first-order valence-electron chi connectivity index (χ1n) is 52.7. The number of aromatic nitrogens is 3. The zero-order valence-corrected chi connectivity index (χ0v) is 98.8. The summed E-state index contributed by atoms with van der Waals surface area (Å²) in [6.07, 6.45) is 19.1. The van der Waals surface area contributed by atoms with E-state index in [2.05, 4.69) is 193 Å². The fourth-order valence-electron chi connectivity index (χ4n) is 13.1. The van der Waals surface area contributed by atoms with Gasteiger partial charge in [0, 0.05) is 38.1 Å². The van der Waals surface area contributed by atoms with Gasteiger partial charge in [0.2, 0.25) is 5.91 Å². The molecule has 149 heavy (non-hydrogen) atoms. The van der Waals surface area contributed by atoms with Gasteiger partial charge in [0.15, 0.2) is 24.1 Å². The number of nitrogens with two attached hydrogens (primary N) is 1. The third kappa shape index (κ3) is 71.1. The first-order chi connectivity index (χ1) is 72.0. The summed E-state index contributed by atoms with van der Waals surface area (Å²) in [5.41, 5.74) is 13.9. The van der Waals surface area contributed by atoms with Gasteiger partial charge in [0.25, 0.3) is 18.4 Å². The molecule has 822 valence electrons. The number of nitriles is 3. The number of methoxy groups -OCH3 is 2. The molecule has 0 aliphatic rings. The van der Waals surface area contributed by atoms with E-state index in [9.17, 15) is 44.1 Å². The maximum atomic E-state index is 13.2. The highest BCUT2D eigenvalue weighted by molar-refractivity contribution is 9.11. The molecule has 0 aliphatic heterocycles. The highest BCUT2D eigenvalue weighted by Gasteiger charge is 2.28. The number of rotatable bonds is 42. The van der Waals surface area contributed by atoms with Crippen LogP contribution in [0.15, 0.2) is 243 Å². The molecule has 0 spiro atoms. The number of pyridine rings is 3. The van der Waals surface area contributed by atoms with Crippen molar-refractivity contribution in [2.45, 2.75) is 320 Å². The van der Waals surface area contributed by atoms with Crippen molar-refractivity contribution < 1.29 is 52.9 Å². The Hall–Kier alpha value is -12.3. The second-order valence-corrected chi connectivity index (χ2v) is 31.9. The van der Waals surface area contributed by atoms with Gasteiger partial charge < -0.3 is 55.6 Å². The van der Waals surface area contributed by atoms with Crippen LogP contribution in [0.25, 0.3) is 17.0 Å². The van der Waals surface area contributed by atoms with Crippen molar-refractivity contribution in [2.24, 2.45) is 5.73 Å². The average Bonchev–Trinajstić information content (AvgIpc) is 0.827. The van der Waals surface area contributed by atoms with E-state index in [1.165, 1.54) is 56.8 Å². The van der Waals surface area contributed by atoms with Crippen LogP contribution < -0.4 is 35.9 Å². The van der Waals surface area contributed by atoms with Crippen LogP contribution in [0.1, 0.15) is 380 Å². The Morgan fingerprint density at radius 2 is 0.852 bits per heavy atom. The van der Waals surface area contributed by atoms with Crippen LogP contribution in [-0.4, -0.2) is 126 Å². The average molecular weight is 2250 g/mol. The number of hydrogen-bond acceptors (Lipinski definition) is 18. The van der Waals surface area contributed by atoms with Gasteiger partial charge in [-0.05, 0) is 214 Å². The van der Waals surface area contributed by atoms with E-state index in [1.54, 1.807) is 66.7 Å². The molecule has 0 saturated heterocycles. The van der Waals surface area contributed by atoms with Crippen LogP contribution in [0.4, 0.5) is 0 Å². The van der Waals surface area contributed by atoms with E-state index >= 15 is 0 Å². The number of amides is 4. The maximum Gasteiger partial charge on any atom is 0.317 e. The number of carbonyl (C=O) groups is 7. The molecule has 0 aliphatic carbocycles. The lowest BCUT2D eigenvalue weighted by Crippen LogP contribution is -2.36. The number of carboxylic acids is 1. The van der Waals surface area contributed by atoms with E-state index in [1.807, 2.05) is 244 Å². The first kappa shape index (κ1) is 152. The smallest absolute Gasteiger partial charge is 0.317 e. The number of carbonyl (C=O) groups excluding carboxylic acids is 6. The molecule has 24 nitrogen and oxygen atoms in total. The fraction of sp³-hybridized carbons (Fsp3) is 0.459. The third-order valence-corrected chi connectivity index (χ3v) is 20.6. The summed E-state index contributed by atoms with van der Waals surface area (Å²) < 4.78 is 18.0. The Labute approximate surface area is 924 Å². The Kier molecular flexibility index (Phi) is 111. The Morgan fingerprint density at radius 1 is 0.463 bits per heavy atom. The molecular formula is C122H182Br3N13O11. The van der Waals surface area contributed by atoms with Crippen LogP contribution in [0.5, 0.6) is 17.2 Å². The van der Waals surface area contributed by atoms with Gasteiger partial charge in [-0.1, -0.05) is 376 Å². The molecule has 3 heterocycles. The lowest BCUT2D eigenvalue weighted by Gasteiger charge is -2.32. The van der Waals surface area contributed by atoms with Gasteiger partial charge in [-0.3, -0.25) is 33.6 Å². The van der Waals surface area contributed by atoms with Crippen LogP contribution >= 0.6 is 47.8 Å². The molecule has 6 aromatic carbocycles. The van der Waals surface area contributed by atoms with E-state index in [0.717, 1.165) is 100 Å². The van der Waals surface area contributed by atoms with E-state index < -0.39 is 12.4 Å². The van der Waals surface area contributed by atoms with Crippen LogP contribution in [0.3, 0.4) is 0 Å². The predicted octanol–water partition coefficient (Wildman–Crippen LogP) is 32.3. The van der Waals surface area contributed by atoms with Gasteiger partial charge in [-0.15, -0.1) is 0 Å². The lowest BCUT2D eigenvalue weighted by atomic mass is 9.99. The Balaban J connectivity index is -0.000000255. The van der Waals surface area contributed by atoms with Gasteiger partial charge in [0.05, 0.1) is 56.4 Å². The number of ether oxygens (including phenoxy) is 3. The number of halogens is 3. The summed E-state index contributed by atoms with van der Waals surface area (Å²) >= 11 is 9.73. The molecule has 0 bridgehead atoms. The predicted molar refractivity (Wildman–Crippen MR) is 633 cm³/mol. The van der Waals surface area contributed by atoms with Crippen LogP contribution in [0, 0.1) is 40.6 Å². The number of hydrogen-bond donors (Lipinski definition) is 5. The van der Waals surface area contributed by atoms with Crippen molar-refractivity contribution in [1.82, 2.24) is 40.7 Å².